The molecule has 1 saturated carbocycles. The highest BCUT2D eigenvalue weighted by Gasteiger charge is 2.31. The highest BCUT2D eigenvalue weighted by atomic mass is 16.2. The number of carbonyl (C=O) groups is 2. The Morgan fingerprint density at radius 3 is 2.37 bits per heavy atom. The second-order valence-corrected chi connectivity index (χ2v) is 5.17. The van der Waals surface area contributed by atoms with Crippen LogP contribution in [0.15, 0.2) is 0 Å². The van der Waals surface area contributed by atoms with Gasteiger partial charge in [-0.25, -0.2) is 0 Å². The third-order valence-electron chi connectivity index (χ3n) is 3.70. The summed E-state index contributed by atoms with van der Waals surface area (Å²) in [5.74, 6) is 0.733. The predicted molar refractivity (Wildman–Crippen MR) is 75.5 cm³/mol. The first-order valence-corrected chi connectivity index (χ1v) is 7.39. The first-order chi connectivity index (χ1) is 9.12. The molecule has 19 heavy (non-hydrogen) atoms. The summed E-state index contributed by atoms with van der Waals surface area (Å²) in [6.45, 7) is 5.91. The molecule has 1 aliphatic carbocycles. The Hall–Kier alpha value is -1.10. The molecular formula is C14H27N3O2. The van der Waals surface area contributed by atoms with E-state index in [0.717, 1.165) is 13.1 Å². The summed E-state index contributed by atoms with van der Waals surface area (Å²) < 4.78 is 0. The molecule has 1 aliphatic rings. The summed E-state index contributed by atoms with van der Waals surface area (Å²) in [6.07, 6.45) is 3.82. The highest BCUT2D eigenvalue weighted by molar-refractivity contribution is 5.79. The molecule has 1 fully saturated rings. The second kappa shape index (κ2) is 8.15. The van der Waals surface area contributed by atoms with Crippen molar-refractivity contribution in [1.82, 2.24) is 10.2 Å². The molecular weight excluding hydrogens is 242 g/mol. The van der Waals surface area contributed by atoms with Crippen LogP contribution in [0.4, 0.5) is 0 Å². The highest BCUT2D eigenvalue weighted by Crippen LogP contribution is 2.32. The van der Waals surface area contributed by atoms with Gasteiger partial charge in [-0.2, -0.15) is 0 Å². The topological polar surface area (TPSA) is 75.4 Å². The number of hydrogen-bond donors (Lipinski definition) is 2. The van der Waals surface area contributed by atoms with E-state index in [0.29, 0.717) is 31.7 Å². The number of amides is 2. The third kappa shape index (κ3) is 5.59. The van der Waals surface area contributed by atoms with Gasteiger partial charge in [0.1, 0.15) is 0 Å². The van der Waals surface area contributed by atoms with Crippen LogP contribution in [0, 0.1) is 5.92 Å². The fourth-order valence-electron chi connectivity index (χ4n) is 2.28. The lowest BCUT2D eigenvalue weighted by Crippen LogP contribution is -2.41. The quantitative estimate of drug-likeness (QED) is 0.652. The third-order valence-corrected chi connectivity index (χ3v) is 3.70. The van der Waals surface area contributed by atoms with Crippen molar-refractivity contribution < 1.29 is 9.59 Å². The number of nitrogens with one attached hydrogen (secondary N) is 1. The molecule has 0 bridgehead atoms. The molecule has 0 aliphatic heterocycles. The smallest absolute Gasteiger partial charge is 0.222 e. The Kier molecular flexibility index (Phi) is 6.84. The molecule has 2 amide bonds. The summed E-state index contributed by atoms with van der Waals surface area (Å²) in [5.41, 5.74) is 5.64. The normalized spacial score (nSPS) is 15.9. The van der Waals surface area contributed by atoms with Crippen molar-refractivity contribution in [3.8, 4) is 0 Å². The van der Waals surface area contributed by atoms with Crippen LogP contribution >= 0.6 is 0 Å². The van der Waals surface area contributed by atoms with Gasteiger partial charge in [-0.3, -0.25) is 9.59 Å². The van der Waals surface area contributed by atoms with E-state index in [1.807, 2.05) is 13.8 Å². The summed E-state index contributed by atoms with van der Waals surface area (Å²) >= 11 is 0. The SMILES string of the molecule is CCN(CC)C(=O)CCCC(=O)NC(CN)C1CC1. The minimum absolute atomic E-state index is 0.0229. The van der Waals surface area contributed by atoms with Crippen LogP contribution in [0.5, 0.6) is 0 Å². The van der Waals surface area contributed by atoms with Gasteiger partial charge in [0.25, 0.3) is 0 Å². The summed E-state index contributed by atoms with van der Waals surface area (Å²) in [6, 6.07) is 0.131. The lowest BCUT2D eigenvalue weighted by atomic mass is 10.1. The van der Waals surface area contributed by atoms with E-state index in [9.17, 15) is 9.59 Å². The van der Waals surface area contributed by atoms with Crippen LogP contribution < -0.4 is 11.1 Å². The van der Waals surface area contributed by atoms with Crippen molar-refractivity contribution in [1.29, 1.82) is 0 Å². The van der Waals surface area contributed by atoms with Crippen molar-refractivity contribution in [2.24, 2.45) is 11.7 Å². The lowest BCUT2D eigenvalue weighted by molar-refractivity contribution is -0.131. The summed E-state index contributed by atoms with van der Waals surface area (Å²) in [5, 5.41) is 2.97. The standard InChI is InChI=1S/C14H27N3O2/c1-3-17(4-2)14(19)7-5-6-13(18)16-12(10-15)11-8-9-11/h11-12H,3-10,15H2,1-2H3,(H,16,18). The summed E-state index contributed by atoms with van der Waals surface area (Å²) in [7, 11) is 0. The number of nitrogens with zero attached hydrogens (tertiary/aromatic N) is 1. The van der Waals surface area contributed by atoms with Crippen molar-refractivity contribution in [2.75, 3.05) is 19.6 Å². The maximum absolute atomic E-state index is 11.8. The molecule has 5 nitrogen and oxygen atoms in total. The molecule has 1 rings (SSSR count). The van der Waals surface area contributed by atoms with Gasteiger partial charge in [-0.1, -0.05) is 0 Å². The van der Waals surface area contributed by atoms with Crippen LogP contribution in [-0.2, 0) is 9.59 Å². The number of rotatable bonds is 9. The van der Waals surface area contributed by atoms with Gasteiger partial charge in [0, 0.05) is 38.5 Å². The van der Waals surface area contributed by atoms with Crippen molar-refractivity contribution in [3.05, 3.63) is 0 Å². The fraction of sp³-hybridized carbons (Fsp3) is 0.857. The van der Waals surface area contributed by atoms with Crippen LogP contribution in [0.25, 0.3) is 0 Å². The number of hydrogen-bond acceptors (Lipinski definition) is 3. The molecule has 0 aromatic rings. The van der Waals surface area contributed by atoms with E-state index in [2.05, 4.69) is 5.32 Å². The minimum atomic E-state index is 0.0229. The van der Waals surface area contributed by atoms with Gasteiger partial charge in [0.15, 0.2) is 0 Å². The van der Waals surface area contributed by atoms with E-state index < -0.39 is 0 Å². The first kappa shape index (κ1) is 16.0. The Labute approximate surface area is 115 Å². The maximum Gasteiger partial charge on any atom is 0.222 e. The van der Waals surface area contributed by atoms with Gasteiger partial charge >= 0.3 is 0 Å². The van der Waals surface area contributed by atoms with Crippen LogP contribution in [-0.4, -0.2) is 42.4 Å². The molecule has 5 heteroatoms. The zero-order valence-corrected chi connectivity index (χ0v) is 12.2. The van der Waals surface area contributed by atoms with Crippen LogP contribution in [0.2, 0.25) is 0 Å². The fourth-order valence-corrected chi connectivity index (χ4v) is 2.28. The predicted octanol–water partition coefficient (Wildman–Crippen LogP) is 0.879. The van der Waals surface area contributed by atoms with Crippen molar-refractivity contribution in [3.63, 3.8) is 0 Å². The van der Waals surface area contributed by atoms with E-state index in [-0.39, 0.29) is 17.9 Å². The van der Waals surface area contributed by atoms with Crippen LogP contribution in [0.1, 0.15) is 46.0 Å². The Bertz CT molecular complexity index is 299. The molecule has 0 aromatic heterocycles. The average Bonchev–Trinajstić information content (AvgIpc) is 3.21. The first-order valence-electron chi connectivity index (χ1n) is 7.39. The number of carbonyl (C=O) groups excluding carboxylic acids is 2. The van der Waals surface area contributed by atoms with Gasteiger partial charge in [-0.15, -0.1) is 0 Å². The van der Waals surface area contributed by atoms with E-state index in [4.69, 9.17) is 5.73 Å². The Morgan fingerprint density at radius 2 is 1.89 bits per heavy atom. The van der Waals surface area contributed by atoms with E-state index in [1.165, 1.54) is 12.8 Å². The molecule has 0 radical (unpaired) electrons. The molecule has 0 aromatic carbocycles. The molecule has 110 valence electrons. The van der Waals surface area contributed by atoms with E-state index >= 15 is 0 Å². The van der Waals surface area contributed by atoms with Gasteiger partial charge in [-0.05, 0) is 39.0 Å². The average molecular weight is 269 g/mol. The minimum Gasteiger partial charge on any atom is -0.352 e. The summed E-state index contributed by atoms with van der Waals surface area (Å²) in [4.78, 5) is 25.3. The van der Waals surface area contributed by atoms with E-state index in [1.54, 1.807) is 4.90 Å². The molecule has 3 N–H and O–H groups in total. The molecule has 1 atom stereocenters. The van der Waals surface area contributed by atoms with Gasteiger partial charge in [0.2, 0.25) is 11.8 Å². The molecule has 0 saturated heterocycles. The van der Waals surface area contributed by atoms with Crippen LogP contribution in [0.3, 0.4) is 0 Å². The molecule has 1 unspecified atom stereocenters. The maximum atomic E-state index is 11.8. The Morgan fingerprint density at radius 1 is 1.26 bits per heavy atom. The largest absolute Gasteiger partial charge is 0.352 e. The molecule has 0 spiro atoms. The second-order valence-electron chi connectivity index (χ2n) is 5.17. The monoisotopic (exact) mass is 269 g/mol. The number of nitrogens with two attached hydrogens (primary N) is 1. The van der Waals surface area contributed by atoms with Gasteiger partial charge < -0.3 is 16.0 Å². The zero-order valence-electron chi connectivity index (χ0n) is 12.2. The van der Waals surface area contributed by atoms with Gasteiger partial charge in [0.05, 0.1) is 0 Å². The zero-order chi connectivity index (χ0) is 14.3. The van der Waals surface area contributed by atoms with Crippen molar-refractivity contribution >= 4 is 11.8 Å². The van der Waals surface area contributed by atoms with Crippen molar-refractivity contribution in [2.45, 2.75) is 52.0 Å². The molecule has 0 heterocycles. The Balaban J connectivity index is 2.17. The lowest BCUT2D eigenvalue weighted by Gasteiger charge is -2.19.